The fraction of sp³-hybridized carbons (Fsp3) is 0.333. The number of benzene rings is 2. The maximum Gasteiger partial charge on any atom is 0.339 e. The number of aryl methyl sites for hydroxylation is 1. The summed E-state index contributed by atoms with van der Waals surface area (Å²) < 4.78 is 7.66. The molecule has 0 spiro atoms. The van der Waals surface area contributed by atoms with Gasteiger partial charge < -0.3 is 14.6 Å². The van der Waals surface area contributed by atoms with E-state index >= 15 is 0 Å². The van der Waals surface area contributed by atoms with Crippen LogP contribution < -0.4 is 5.32 Å². The molecule has 0 radical (unpaired) electrons. The van der Waals surface area contributed by atoms with Crippen LogP contribution in [0.5, 0.6) is 0 Å². The van der Waals surface area contributed by atoms with Gasteiger partial charge in [-0.25, -0.2) is 4.79 Å². The molecule has 1 atom stereocenters. The van der Waals surface area contributed by atoms with Crippen molar-refractivity contribution in [1.29, 1.82) is 0 Å². The largest absolute Gasteiger partial charge is 0.445 e. The topological polar surface area (TPSA) is 86.1 Å². The van der Waals surface area contributed by atoms with Crippen molar-refractivity contribution >= 4 is 29.2 Å². The first kappa shape index (κ1) is 20.7. The second kappa shape index (κ2) is 8.06. The molecule has 164 valence electrons. The van der Waals surface area contributed by atoms with Crippen LogP contribution in [0.1, 0.15) is 47.9 Å². The molecule has 2 aliphatic rings. The minimum Gasteiger partial charge on any atom is -0.445 e. The molecule has 32 heavy (non-hydrogen) atoms. The van der Waals surface area contributed by atoms with E-state index in [4.69, 9.17) is 16.3 Å². The first-order valence-electron chi connectivity index (χ1n) is 10.8. The highest BCUT2D eigenvalue weighted by Gasteiger charge is 2.42. The molecule has 1 N–H and O–H groups in total. The van der Waals surface area contributed by atoms with E-state index in [2.05, 4.69) is 20.1 Å². The van der Waals surface area contributed by atoms with E-state index in [1.165, 1.54) is 0 Å². The third-order valence-corrected chi connectivity index (χ3v) is 6.47. The highest BCUT2D eigenvalue weighted by Crippen LogP contribution is 2.33. The summed E-state index contributed by atoms with van der Waals surface area (Å²) in [6, 6.07) is 12.4. The predicted octanol–water partition coefficient (Wildman–Crippen LogP) is 4.44. The SMILES string of the molecule is CC1(C(=O)Nc2ccc(Cl)c(-c3nnc4n3CCCCC4)c2)Cc2ccccc2C(=O)O1. The zero-order chi connectivity index (χ0) is 22.3. The lowest BCUT2D eigenvalue weighted by Gasteiger charge is -2.33. The molecule has 0 saturated heterocycles. The van der Waals surface area contributed by atoms with Crippen molar-refractivity contribution in [3.63, 3.8) is 0 Å². The van der Waals surface area contributed by atoms with Gasteiger partial charge in [-0.1, -0.05) is 36.2 Å². The van der Waals surface area contributed by atoms with Crippen molar-refractivity contribution in [3.8, 4) is 11.4 Å². The molecule has 0 bridgehead atoms. The van der Waals surface area contributed by atoms with E-state index in [9.17, 15) is 9.59 Å². The Morgan fingerprint density at radius 2 is 1.97 bits per heavy atom. The van der Waals surface area contributed by atoms with Crippen LogP contribution in [-0.4, -0.2) is 32.2 Å². The van der Waals surface area contributed by atoms with Crippen LogP contribution in [-0.2, 0) is 28.9 Å². The first-order valence-corrected chi connectivity index (χ1v) is 11.2. The molecule has 0 saturated carbocycles. The standard InChI is InChI=1S/C24H23ClN4O3/c1-24(14-15-7-4-5-8-17(15)22(30)32-24)23(31)26-16-10-11-19(25)18(13-16)21-28-27-20-9-3-2-6-12-29(20)21/h4-5,7-8,10-11,13H,2-3,6,9,12,14H2,1H3,(H,26,31). The van der Waals surface area contributed by atoms with Gasteiger partial charge in [-0.2, -0.15) is 0 Å². The number of esters is 1. The van der Waals surface area contributed by atoms with Gasteiger partial charge >= 0.3 is 5.97 Å². The second-order valence-electron chi connectivity index (χ2n) is 8.51. The lowest BCUT2D eigenvalue weighted by atomic mass is 9.89. The van der Waals surface area contributed by atoms with Crippen molar-refractivity contribution in [2.45, 2.75) is 51.2 Å². The van der Waals surface area contributed by atoms with E-state index < -0.39 is 17.5 Å². The molecular formula is C24H23ClN4O3. The number of ether oxygens (including phenoxy) is 1. The number of hydrogen-bond donors (Lipinski definition) is 1. The summed E-state index contributed by atoms with van der Waals surface area (Å²) in [7, 11) is 0. The minimum atomic E-state index is -1.31. The minimum absolute atomic E-state index is 0.304. The Bertz CT molecular complexity index is 1220. The zero-order valence-corrected chi connectivity index (χ0v) is 18.5. The van der Waals surface area contributed by atoms with Gasteiger partial charge in [0.15, 0.2) is 11.4 Å². The van der Waals surface area contributed by atoms with Crippen molar-refractivity contribution in [1.82, 2.24) is 14.8 Å². The quantitative estimate of drug-likeness (QED) is 0.596. The maximum absolute atomic E-state index is 13.2. The molecule has 3 aromatic rings. The lowest BCUT2D eigenvalue weighted by Crippen LogP contribution is -2.48. The number of cyclic esters (lactones) is 1. The number of carbonyl (C=O) groups excluding carboxylic acids is 2. The molecule has 1 amide bonds. The molecular weight excluding hydrogens is 428 g/mol. The molecule has 3 heterocycles. The summed E-state index contributed by atoms with van der Waals surface area (Å²) in [5, 5.41) is 12.2. The highest BCUT2D eigenvalue weighted by atomic mass is 35.5. The highest BCUT2D eigenvalue weighted by molar-refractivity contribution is 6.33. The Morgan fingerprint density at radius 3 is 2.84 bits per heavy atom. The van der Waals surface area contributed by atoms with Gasteiger partial charge in [0, 0.05) is 30.6 Å². The fourth-order valence-corrected chi connectivity index (χ4v) is 4.58. The van der Waals surface area contributed by atoms with E-state index in [0.717, 1.165) is 43.6 Å². The van der Waals surface area contributed by atoms with Crippen LogP contribution in [0.4, 0.5) is 5.69 Å². The van der Waals surface area contributed by atoms with Gasteiger partial charge in [0.25, 0.3) is 5.91 Å². The van der Waals surface area contributed by atoms with Crippen LogP contribution in [0.2, 0.25) is 5.02 Å². The van der Waals surface area contributed by atoms with Crippen molar-refractivity contribution in [3.05, 3.63) is 64.4 Å². The smallest absolute Gasteiger partial charge is 0.339 e. The number of nitrogens with one attached hydrogen (secondary N) is 1. The molecule has 8 heteroatoms. The number of carbonyl (C=O) groups is 2. The molecule has 7 nitrogen and oxygen atoms in total. The Morgan fingerprint density at radius 1 is 1.12 bits per heavy atom. The van der Waals surface area contributed by atoms with E-state index in [1.54, 1.807) is 37.3 Å². The van der Waals surface area contributed by atoms with Crippen molar-refractivity contribution < 1.29 is 14.3 Å². The molecule has 2 aromatic carbocycles. The third kappa shape index (κ3) is 3.66. The third-order valence-electron chi connectivity index (χ3n) is 6.14. The Hall–Kier alpha value is -3.19. The molecule has 5 rings (SSSR count). The van der Waals surface area contributed by atoms with Gasteiger partial charge in [0.2, 0.25) is 0 Å². The summed E-state index contributed by atoms with van der Waals surface area (Å²) in [6.07, 6.45) is 4.53. The van der Waals surface area contributed by atoms with Crippen LogP contribution in [0.3, 0.4) is 0 Å². The summed E-state index contributed by atoms with van der Waals surface area (Å²) in [5.74, 6) is 0.775. The Kier molecular flexibility index (Phi) is 5.21. The number of amides is 1. The van der Waals surface area contributed by atoms with Crippen LogP contribution in [0.15, 0.2) is 42.5 Å². The predicted molar refractivity (Wildman–Crippen MR) is 121 cm³/mol. The number of fused-ring (bicyclic) bond motifs is 2. The average Bonchev–Trinajstić information content (AvgIpc) is 3.02. The molecule has 1 unspecified atom stereocenters. The summed E-state index contributed by atoms with van der Waals surface area (Å²) in [4.78, 5) is 25.6. The summed E-state index contributed by atoms with van der Waals surface area (Å²) in [6.45, 7) is 2.48. The van der Waals surface area contributed by atoms with Crippen molar-refractivity contribution in [2.75, 3.05) is 5.32 Å². The lowest BCUT2D eigenvalue weighted by molar-refractivity contribution is -0.134. The number of hydrogen-bond acceptors (Lipinski definition) is 5. The van der Waals surface area contributed by atoms with Gasteiger partial charge in [-0.05, 0) is 49.6 Å². The van der Waals surface area contributed by atoms with Gasteiger partial charge in [-0.3, -0.25) is 4.79 Å². The number of rotatable bonds is 3. The fourth-order valence-electron chi connectivity index (χ4n) is 4.38. The van der Waals surface area contributed by atoms with Crippen LogP contribution >= 0.6 is 11.6 Å². The van der Waals surface area contributed by atoms with E-state index in [0.29, 0.717) is 34.1 Å². The monoisotopic (exact) mass is 450 g/mol. The number of anilines is 1. The summed E-state index contributed by atoms with van der Waals surface area (Å²) >= 11 is 6.50. The number of halogens is 1. The normalized spacial score (nSPS) is 20.0. The average molecular weight is 451 g/mol. The van der Waals surface area contributed by atoms with E-state index in [1.807, 2.05) is 12.1 Å². The van der Waals surface area contributed by atoms with Gasteiger partial charge in [-0.15, -0.1) is 10.2 Å². The van der Waals surface area contributed by atoms with E-state index in [-0.39, 0.29) is 0 Å². The molecule has 2 aliphatic heterocycles. The summed E-state index contributed by atoms with van der Waals surface area (Å²) in [5.41, 5.74) is 1.25. The molecule has 1 aromatic heterocycles. The number of nitrogens with zero attached hydrogens (tertiary/aromatic N) is 3. The molecule has 0 fully saturated rings. The second-order valence-corrected chi connectivity index (χ2v) is 8.91. The Labute approximate surface area is 190 Å². The first-order chi connectivity index (χ1) is 15.4. The number of aromatic nitrogens is 3. The Balaban J connectivity index is 1.42. The van der Waals surface area contributed by atoms with Crippen molar-refractivity contribution in [2.24, 2.45) is 0 Å². The zero-order valence-electron chi connectivity index (χ0n) is 17.7. The van der Waals surface area contributed by atoms with Crippen LogP contribution in [0, 0.1) is 0 Å². The maximum atomic E-state index is 13.2. The van der Waals surface area contributed by atoms with Gasteiger partial charge in [0.05, 0.1) is 10.6 Å². The molecule has 0 aliphatic carbocycles. The van der Waals surface area contributed by atoms with Crippen LogP contribution in [0.25, 0.3) is 11.4 Å². The van der Waals surface area contributed by atoms with Gasteiger partial charge in [0.1, 0.15) is 5.82 Å².